The van der Waals surface area contributed by atoms with Gasteiger partial charge in [0.25, 0.3) is 11.5 Å². The van der Waals surface area contributed by atoms with Gasteiger partial charge in [-0.25, -0.2) is 4.39 Å². The van der Waals surface area contributed by atoms with Crippen LogP contribution < -0.4 is 15.6 Å². The highest BCUT2D eigenvalue weighted by Crippen LogP contribution is 2.33. The highest BCUT2D eigenvalue weighted by molar-refractivity contribution is 6.02. The number of nitrogens with one attached hydrogen (secondary N) is 2. The van der Waals surface area contributed by atoms with Crippen molar-refractivity contribution in [3.63, 3.8) is 0 Å². The Hall–Kier alpha value is -3.87. The number of carbonyl (C=O) groups is 1. The third kappa shape index (κ3) is 4.01. The molecule has 0 unspecified atom stereocenters. The largest absolute Gasteiger partial charge is 0.457 e. The number of pyridine rings is 1. The van der Waals surface area contributed by atoms with E-state index in [1.165, 1.54) is 10.6 Å². The van der Waals surface area contributed by atoms with Crippen LogP contribution in [0.2, 0.25) is 0 Å². The van der Waals surface area contributed by atoms with E-state index in [-0.39, 0.29) is 17.3 Å². The molecule has 2 aromatic carbocycles. The van der Waals surface area contributed by atoms with Crippen LogP contribution in [0.3, 0.4) is 0 Å². The lowest BCUT2D eigenvalue weighted by molar-refractivity contribution is 0.0951. The van der Waals surface area contributed by atoms with E-state index in [2.05, 4.69) is 10.3 Å². The molecular weight excluding hydrogens is 409 g/mol. The number of carbonyl (C=O) groups excluding carboxylic acids is 1. The Kier molecular flexibility index (Phi) is 5.57. The van der Waals surface area contributed by atoms with Crippen LogP contribution in [0.5, 0.6) is 11.5 Å². The molecule has 0 bridgehead atoms. The molecule has 4 aromatic rings. The molecule has 0 aliphatic heterocycles. The van der Waals surface area contributed by atoms with Gasteiger partial charge in [-0.3, -0.25) is 9.59 Å². The number of ether oxygens (including phenoxy) is 1. The Balaban J connectivity index is 1.83. The van der Waals surface area contributed by atoms with Crippen molar-refractivity contribution in [2.45, 2.75) is 20.8 Å². The number of benzene rings is 2. The molecule has 7 heteroatoms. The van der Waals surface area contributed by atoms with Gasteiger partial charge in [-0.05, 0) is 61.7 Å². The van der Waals surface area contributed by atoms with Crippen LogP contribution in [0.15, 0.2) is 53.5 Å². The van der Waals surface area contributed by atoms with Crippen molar-refractivity contribution in [1.29, 1.82) is 0 Å². The van der Waals surface area contributed by atoms with Gasteiger partial charge < -0.3 is 19.6 Å². The monoisotopic (exact) mass is 433 g/mol. The molecular formula is C25H24FN3O3. The van der Waals surface area contributed by atoms with Gasteiger partial charge in [0.15, 0.2) is 0 Å². The Morgan fingerprint density at radius 1 is 1.12 bits per heavy atom. The topological polar surface area (TPSA) is 76.1 Å². The van der Waals surface area contributed by atoms with Crippen molar-refractivity contribution in [2.24, 2.45) is 7.05 Å². The van der Waals surface area contributed by atoms with E-state index in [9.17, 15) is 14.0 Å². The van der Waals surface area contributed by atoms with Crippen LogP contribution in [-0.2, 0) is 7.05 Å². The molecule has 4 rings (SSSR count). The van der Waals surface area contributed by atoms with E-state index in [4.69, 9.17) is 4.74 Å². The first-order valence-corrected chi connectivity index (χ1v) is 10.3. The second-order valence-electron chi connectivity index (χ2n) is 7.84. The standard InChI is InChI=1S/C25H24FN3O3/c1-5-27-24(30)22-12-19-20(13-29(4)25(31)23(19)28-22)16-8-14(2)9-18(10-16)32-17-7-6-15(3)21(26)11-17/h6-13,28H,5H2,1-4H3,(H,27,30). The molecule has 0 radical (unpaired) electrons. The molecule has 32 heavy (non-hydrogen) atoms. The number of aromatic amines is 1. The first-order valence-electron chi connectivity index (χ1n) is 10.3. The van der Waals surface area contributed by atoms with Crippen LogP contribution >= 0.6 is 0 Å². The number of aryl methyl sites for hydroxylation is 3. The zero-order valence-electron chi connectivity index (χ0n) is 18.4. The Morgan fingerprint density at radius 2 is 1.91 bits per heavy atom. The average molecular weight is 433 g/mol. The predicted molar refractivity (Wildman–Crippen MR) is 123 cm³/mol. The summed E-state index contributed by atoms with van der Waals surface area (Å²) in [4.78, 5) is 28.0. The number of nitrogens with zero attached hydrogens (tertiary/aromatic N) is 1. The molecule has 6 nitrogen and oxygen atoms in total. The summed E-state index contributed by atoms with van der Waals surface area (Å²) in [6, 6.07) is 12.1. The maximum absolute atomic E-state index is 13.9. The molecule has 164 valence electrons. The van der Waals surface area contributed by atoms with Gasteiger partial charge in [-0.1, -0.05) is 12.1 Å². The van der Waals surface area contributed by atoms with Crippen molar-refractivity contribution < 1.29 is 13.9 Å². The predicted octanol–water partition coefficient (Wildman–Crippen LogP) is 4.83. The van der Waals surface area contributed by atoms with Gasteiger partial charge >= 0.3 is 0 Å². The van der Waals surface area contributed by atoms with Crippen molar-refractivity contribution in [1.82, 2.24) is 14.9 Å². The fraction of sp³-hybridized carbons (Fsp3) is 0.200. The van der Waals surface area contributed by atoms with Crippen LogP contribution in [0.1, 0.15) is 28.5 Å². The minimum Gasteiger partial charge on any atom is -0.457 e. The number of hydrogen-bond acceptors (Lipinski definition) is 3. The summed E-state index contributed by atoms with van der Waals surface area (Å²) in [6.07, 6.45) is 1.74. The average Bonchev–Trinajstić information content (AvgIpc) is 3.19. The Bertz CT molecular complexity index is 1400. The lowest BCUT2D eigenvalue weighted by atomic mass is 10.0. The molecule has 0 aliphatic carbocycles. The molecule has 2 aromatic heterocycles. The molecule has 0 aliphatic rings. The first kappa shape index (κ1) is 21.4. The van der Waals surface area contributed by atoms with Crippen molar-refractivity contribution in [3.05, 3.63) is 81.7 Å². The molecule has 0 atom stereocenters. The van der Waals surface area contributed by atoms with Gasteiger partial charge in [-0.15, -0.1) is 0 Å². The maximum Gasteiger partial charge on any atom is 0.274 e. The van der Waals surface area contributed by atoms with Gasteiger partial charge in [0.1, 0.15) is 28.5 Å². The SMILES string of the molecule is CCNC(=O)c1cc2c(-c3cc(C)cc(Oc4ccc(C)c(F)c4)c3)cn(C)c(=O)c2[nH]1. The van der Waals surface area contributed by atoms with Crippen molar-refractivity contribution >= 4 is 16.8 Å². The summed E-state index contributed by atoms with van der Waals surface area (Å²) in [7, 11) is 1.67. The van der Waals surface area contributed by atoms with Crippen LogP contribution in [0.4, 0.5) is 4.39 Å². The fourth-order valence-corrected chi connectivity index (χ4v) is 3.68. The number of fused-ring (bicyclic) bond motifs is 1. The molecule has 0 saturated carbocycles. The Labute approximate surface area is 184 Å². The number of H-pyrrole nitrogens is 1. The molecule has 2 heterocycles. The van der Waals surface area contributed by atoms with E-state index < -0.39 is 0 Å². The smallest absolute Gasteiger partial charge is 0.274 e. The lowest BCUT2D eigenvalue weighted by Crippen LogP contribution is -2.23. The highest BCUT2D eigenvalue weighted by Gasteiger charge is 2.17. The molecule has 2 N–H and O–H groups in total. The lowest BCUT2D eigenvalue weighted by Gasteiger charge is -2.12. The van der Waals surface area contributed by atoms with Gasteiger partial charge in [-0.2, -0.15) is 0 Å². The highest BCUT2D eigenvalue weighted by atomic mass is 19.1. The quantitative estimate of drug-likeness (QED) is 0.473. The van der Waals surface area contributed by atoms with Crippen molar-refractivity contribution in [3.8, 4) is 22.6 Å². The summed E-state index contributed by atoms with van der Waals surface area (Å²) in [5.41, 5.74) is 3.53. The van der Waals surface area contributed by atoms with Gasteiger partial charge in [0, 0.05) is 36.8 Å². The maximum atomic E-state index is 13.9. The number of hydrogen-bond donors (Lipinski definition) is 2. The minimum absolute atomic E-state index is 0.224. The summed E-state index contributed by atoms with van der Waals surface area (Å²) in [5, 5.41) is 3.39. The second kappa shape index (κ2) is 8.34. The second-order valence-corrected chi connectivity index (χ2v) is 7.84. The summed E-state index contributed by atoms with van der Waals surface area (Å²) in [6.45, 7) is 5.94. The van der Waals surface area contributed by atoms with E-state index >= 15 is 0 Å². The normalized spacial score (nSPS) is 11.0. The molecule has 0 fully saturated rings. The third-order valence-electron chi connectivity index (χ3n) is 5.29. The molecule has 1 amide bonds. The van der Waals surface area contributed by atoms with E-state index in [0.29, 0.717) is 40.2 Å². The zero-order valence-corrected chi connectivity index (χ0v) is 18.4. The van der Waals surface area contributed by atoms with Crippen LogP contribution in [-0.4, -0.2) is 22.0 Å². The van der Waals surface area contributed by atoms with Gasteiger partial charge in [0.2, 0.25) is 0 Å². The zero-order chi connectivity index (χ0) is 23.0. The number of halogens is 1. The van der Waals surface area contributed by atoms with Crippen LogP contribution in [0.25, 0.3) is 22.0 Å². The van der Waals surface area contributed by atoms with Gasteiger partial charge in [0.05, 0.1) is 0 Å². The van der Waals surface area contributed by atoms with E-state index in [0.717, 1.165) is 16.7 Å². The van der Waals surface area contributed by atoms with E-state index in [1.54, 1.807) is 38.4 Å². The number of rotatable bonds is 5. The third-order valence-corrected chi connectivity index (χ3v) is 5.29. The minimum atomic E-state index is -0.333. The van der Waals surface area contributed by atoms with E-state index in [1.807, 2.05) is 32.0 Å². The van der Waals surface area contributed by atoms with Crippen molar-refractivity contribution in [2.75, 3.05) is 6.54 Å². The first-order chi connectivity index (χ1) is 15.3. The Morgan fingerprint density at radius 3 is 2.62 bits per heavy atom. The molecule has 0 saturated heterocycles. The number of amides is 1. The van der Waals surface area contributed by atoms with Crippen LogP contribution in [0, 0.1) is 19.7 Å². The summed E-state index contributed by atoms with van der Waals surface area (Å²) < 4.78 is 21.3. The summed E-state index contributed by atoms with van der Waals surface area (Å²) in [5.74, 6) is 0.340. The molecule has 0 spiro atoms. The summed E-state index contributed by atoms with van der Waals surface area (Å²) >= 11 is 0. The number of aromatic nitrogens is 2. The fourth-order valence-electron chi connectivity index (χ4n) is 3.68.